The topological polar surface area (TPSA) is 108 Å². The highest BCUT2D eigenvalue weighted by Crippen LogP contribution is 2.15. The van der Waals surface area contributed by atoms with Gasteiger partial charge in [-0.2, -0.15) is 0 Å². The van der Waals surface area contributed by atoms with E-state index in [4.69, 9.17) is 11.1 Å². The summed E-state index contributed by atoms with van der Waals surface area (Å²) in [6.07, 6.45) is 3.87. The molecule has 0 aliphatic rings. The summed E-state index contributed by atoms with van der Waals surface area (Å²) >= 11 is 0. The Labute approximate surface area is 158 Å². The minimum absolute atomic E-state index is 0.115. The summed E-state index contributed by atoms with van der Waals surface area (Å²) in [5, 5.41) is 13.0. The maximum Gasteiger partial charge on any atom is 0.258 e. The molecule has 5 N–H and O–H groups in total. The van der Waals surface area contributed by atoms with Gasteiger partial charge in [0, 0.05) is 5.70 Å². The van der Waals surface area contributed by atoms with Crippen LogP contribution in [-0.2, 0) is 11.2 Å². The number of hydrogen-bond acceptors (Lipinski definition) is 4. The highest BCUT2D eigenvalue weighted by molar-refractivity contribution is 6.13. The van der Waals surface area contributed by atoms with Crippen LogP contribution in [0.3, 0.4) is 0 Å². The van der Waals surface area contributed by atoms with Gasteiger partial charge in [-0.05, 0) is 42.7 Å². The molecule has 0 spiro atoms. The number of hydrogen-bond donors (Lipinski definition) is 4. The molecule has 0 saturated carbocycles. The van der Waals surface area contributed by atoms with Crippen LogP contribution in [0.25, 0.3) is 0 Å². The average molecular weight is 362 g/mol. The summed E-state index contributed by atoms with van der Waals surface area (Å²) in [6.45, 7) is 3.38. The van der Waals surface area contributed by atoms with Gasteiger partial charge in [0.1, 0.15) is 5.84 Å². The second-order valence-corrected chi connectivity index (χ2v) is 5.81. The number of anilines is 1. The summed E-state index contributed by atoms with van der Waals surface area (Å²) in [4.78, 5) is 23.9. The van der Waals surface area contributed by atoms with Gasteiger partial charge < -0.3 is 16.4 Å². The number of nitrogens with one attached hydrogen (secondary N) is 3. The molecule has 0 aliphatic heterocycles. The Bertz CT molecular complexity index is 873. The molecule has 0 fully saturated rings. The summed E-state index contributed by atoms with van der Waals surface area (Å²) in [7, 11) is 0. The highest BCUT2D eigenvalue weighted by Gasteiger charge is 2.13. The van der Waals surface area contributed by atoms with E-state index >= 15 is 0 Å². The van der Waals surface area contributed by atoms with Crippen LogP contribution in [0.4, 0.5) is 5.69 Å². The van der Waals surface area contributed by atoms with Crippen molar-refractivity contribution < 1.29 is 9.59 Å². The normalized spacial score (nSPS) is 10.7. The van der Waals surface area contributed by atoms with Gasteiger partial charge in [-0.3, -0.25) is 15.0 Å². The zero-order chi connectivity index (χ0) is 19.6. The molecule has 0 aliphatic carbocycles. The Morgan fingerprint density at radius 2 is 1.74 bits per heavy atom. The van der Waals surface area contributed by atoms with E-state index in [-0.39, 0.29) is 11.4 Å². The number of rotatable bonds is 7. The minimum atomic E-state index is -0.507. The molecule has 2 amide bonds. The second kappa shape index (κ2) is 9.72. The number of benzene rings is 2. The Morgan fingerprint density at radius 3 is 2.44 bits per heavy atom. The van der Waals surface area contributed by atoms with Gasteiger partial charge in [-0.1, -0.05) is 49.0 Å². The van der Waals surface area contributed by atoms with E-state index in [0.717, 1.165) is 18.1 Å². The van der Waals surface area contributed by atoms with Crippen LogP contribution in [0.1, 0.15) is 22.3 Å². The summed E-state index contributed by atoms with van der Waals surface area (Å²) < 4.78 is 0. The largest absolute Gasteiger partial charge is 0.402 e. The molecule has 2 aromatic carbocycles. The molecule has 0 atom stereocenters. The first kappa shape index (κ1) is 19.7. The van der Waals surface area contributed by atoms with E-state index in [1.165, 1.54) is 6.08 Å². The van der Waals surface area contributed by atoms with E-state index in [2.05, 4.69) is 17.2 Å². The molecule has 2 rings (SSSR count). The van der Waals surface area contributed by atoms with Crippen molar-refractivity contribution in [3.63, 3.8) is 0 Å². The van der Waals surface area contributed by atoms with Crippen LogP contribution < -0.4 is 16.4 Å². The Kier molecular flexibility index (Phi) is 7.07. The van der Waals surface area contributed by atoms with Gasteiger partial charge in [0.25, 0.3) is 5.91 Å². The summed E-state index contributed by atoms with van der Waals surface area (Å²) in [6, 6.07) is 16.4. The second-order valence-electron chi connectivity index (χ2n) is 5.81. The first-order valence-corrected chi connectivity index (χ1v) is 8.42. The average Bonchev–Trinajstić information content (AvgIpc) is 2.67. The van der Waals surface area contributed by atoms with Gasteiger partial charge in [0.2, 0.25) is 5.91 Å². The van der Waals surface area contributed by atoms with Crippen LogP contribution in [0.2, 0.25) is 0 Å². The predicted octanol–water partition coefficient (Wildman–Crippen LogP) is 2.99. The van der Waals surface area contributed by atoms with Gasteiger partial charge in [-0.25, -0.2) is 0 Å². The quantitative estimate of drug-likeness (QED) is 0.345. The SMILES string of the molecule is C=CC(=O)Nc1ccccc1C(=O)NC(=N)C=C(N)CCc1ccccc1. The molecule has 0 aromatic heterocycles. The van der Waals surface area contributed by atoms with Crippen LogP contribution in [0, 0.1) is 5.41 Å². The monoisotopic (exact) mass is 362 g/mol. The zero-order valence-corrected chi connectivity index (χ0v) is 14.9. The number of nitrogens with two attached hydrogens (primary N) is 1. The van der Waals surface area contributed by atoms with Crippen molar-refractivity contribution in [3.05, 3.63) is 90.2 Å². The Morgan fingerprint density at radius 1 is 1.07 bits per heavy atom. The van der Waals surface area contributed by atoms with E-state index in [0.29, 0.717) is 17.8 Å². The third-order valence-corrected chi connectivity index (χ3v) is 3.74. The lowest BCUT2D eigenvalue weighted by atomic mass is 10.1. The fourth-order valence-corrected chi connectivity index (χ4v) is 2.39. The van der Waals surface area contributed by atoms with Crippen molar-refractivity contribution in [3.8, 4) is 0 Å². The fraction of sp³-hybridized carbons (Fsp3) is 0.0952. The number of carbonyl (C=O) groups is 2. The first-order chi connectivity index (χ1) is 13.0. The van der Waals surface area contributed by atoms with Crippen molar-refractivity contribution in [1.29, 1.82) is 5.41 Å². The standard InChI is InChI=1S/C21H22N4O2/c1-2-20(26)24-18-11-7-6-10-17(18)21(27)25-19(23)14-16(22)13-12-15-8-4-3-5-9-15/h2-11,14H,1,12-13,22H2,(H,24,26)(H2,23,25,27). The van der Waals surface area contributed by atoms with E-state index < -0.39 is 11.8 Å². The van der Waals surface area contributed by atoms with Gasteiger partial charge in [-0.15, -0.1) is 0 Å². The number of carbonyl (C=O) groups excluding carboxylic acids is 2. The van der Waals surface area contributed by atoms with Crippen molar-refractivity contribution in [2.75, 3.05) is 5.32 Å². The molecule has 2 aromatic rings. The molecule has 0 unspecified atom stereocenters. The predicted molar refractivity (Wildman–Crippen MR) is 107 cm³/mol. The lowest BCUT2D eigenvalue weighted by Crippen LogP contribution is -2.30. The lowest BCUT2D eigenvalue weighted by Gasteiger charge is -2.10. The molecule has 6 nitrogen and oxygen atoms in total. The van der Waals surface area contributed by atoms with Crippen molar-refractivity contribution in [1.82, 2.24) is 5.32 Å². The molecule has 27 heavy (non-hydrogen) atoms. The maximum atomic E-state index is 12.4. The highest BCUT2D eigenvalue weighted by atomic mass is 16.2. The van der Waals surface area contributed by atoms with E-state index in [1.807, 2.05) is 30.3 Å². The number of allylic oxidation sites excluding steroid dienone is 1. The molecular formula is C21H22N4O2. The number of amides is 2. The minimum Gasteiger partial charge on any atom is -0.402 e. The van der Waals surface area contributed by atoms with Crippen LogP contribution >= 0.6 is 0 Å². The summed E-state index contributed by atoms with van der Waals surface area (Å²) in [5.41, 5.74) is 8.18. The third-order valence-electron chi connectivity index (χ3n) is 3.74. The Hall–Kier alpha value is -3.67. The van der Waals surface area contributed by atoms with Gasteiger partial charge >= 0.3 is 0 Å². The zero-order valence-electron chi connectivity index (χ0n) is 14.9. The molecule has 6 heteroatoms. The smallest absolute Gasteiger partial charge is 0.258 e. The number of aryl methyl sites for hydroxylation is 1. The molecular weight excluding hydrogens is 340 g/mol. The fourth-order valence-electron chi connectivity index (χ4n) is 2.39. The molecule has 0 heterocycles. The molecule has 0 bridgehead atoms. The molecule has 138 valence electrons. The lowest BCUT2D eigenvalue weighted by molar-refractivity contribution is -0.111. The summed E-state index contributed by atoms with van der Waals surface area (Å²) in [5.74, 6) is -1.04. The van der Waals surface area contributed by atoms with Crippen molar-refractivity contribution in [2.24, 2.45) is 5.73 Å². The molecule has 0 saturated heterocycles. The maximum absolute atomic E-state index is 12.4. The van der Waals surface area contributed by atoms with Crippen LogP contribution in [-0.4, -0.2) is 17.6 Å². The first-order valence-electron chi connectivity index (χ1n) is 8.42. The number of amidine groups is 1. The Balaban J connectivity index is 1.98. The van der Waals surface area contributed by atoms with Gasteiger partial charge in [0.05, 0.1) is 11.3 Å². The van der Waals surface area contributed by atoms with Crippen LogP contribution in [0.5, 0.6) is 0 Å². The third kappa shape index (κ3) is 6.28. The van der Waals surface area contributed by atoms with Crippen LogP contribution in [0.15, 0.2) is 79.0 Å². The molecule has 0 radical (unpaired) electrons. The van der Waals surface area contributed by atoms with Gasteiger partial charge in [0.15, 0.2) is 0 Å². The van der Waals surface area contributed by atoms with E-state index in [9.17, 15) is 9.59 Å². The van der Waals surface area contributed by atoms with Crippen molar-refractivity contribution >= 4 is 23.3 Å². The van der Waals surface area contributed by atoms with E-state index in [1.54, 1.807) is 24.3 Å². The van der Waals surface area contributed by atoms with Crippen molar-refractivity contribution in [2.45, 2.75) is 12.8 Å². The number of para-hydroxylation sites is 1.